The smallest absolute Gasteiger partial charge is 0.235 e. The average Bonchev–Trinajstić information content (AvgIpc) is 3.23. The first kappa shape index (κ1) is 13.0. The van der Waals surface area contributed by atoms with Gasteiger partial charge in [-0.1, -0.05) is 41.2 Å². The minimum absolute atomic E-state index is 0.754. The molecular weight excluding hydrogens is 296 g/mol. The fraction of sp³-hybridized carbons (Fsp3) is 0.0625. The number of rotatable bonds is 3. The predicted octanol–water partition coefficient (Wildman–Crippen LogP) is 3.92. The zero-order chi connectivity index (χ0) is 14.9. The van der Waals surface area contributed by atoms with Crippen molar-refractivity contribution in [3.8, 4) is 11.4 Å². The molecular formula is C16H12N4OS. The second-order valence-electron chi connectivity index (χ2n) is 4.87. The molecule has 4 aromatic rings. The second kappa shape index (κ2) is 5.23. The van der Waals surface area contributed by atoms with Gasteiger partial charge in [-0.2, -0.15) is 9.61 Å². The Bertz CT molecular complexity index is 933. The van der Waals surface area contributed by atoms with Crippen molar-refractivity contribution in [1.82, 2.24) is 19.8 Å². The van der Waals surface area contributed by atoms with Crippen LogP contribution in [-0.2, 0) is 0 Å². The first-order chi connectivity index (χ1) is 10.8. The van der Waals surface area contributed by atoms with E-state index in [0.29, 0.717) is 0 Å². The zero-order valence-corrected chi connectivity index (χ0v) is 12.6. The van der Waals surface area contributed by atoms with Crippen LogP contribution >= 0.6 is 11.3 Å². The monoisotopic (exact) mass is 308 g/mol. The first-order valence-corrected chi connectivity index (χ1v) is 7.62. The van der Waals surface area contributed by atoms with Gasteiger partial charge in [0.05, 0.1) is 6.26 Å². The maximum absolute atomic E-state index is 5.27. The van der Waals surface area contributed by atoms with E-state index in [9.17, 15) is 0 Å². The Morgan fingerprint density at radius 2 is 1.95 bits per heavy atom. The Hall–Kier alpha value is -2.73. The zero-order valence-electron chi connectivity index (χ0n) is 11.8. The summed E-state index contributed by atoms with van der Waals surface area (Å²) < 4.78 is 7.05. The van der Waals surface area contributed by atoms with E-state index in [1.807, 2.05) is 36.4 Å². The topological polar surface area (TPSA) is 56.2 Å². The van der Waals surface area contributed by atoms with Crippen molar-refractivity contribution in [3.63, 3.8) is 0 Å². The molecule has 0 radical (unpaired) electrons. The van der Waals surface area contributed by atoms with E-state index in [4.69, 9.17) is 4.42 Å². The minimum Gasteiger partial charge on any atom is -0.465 e. The van der Waals surface area contributed by atoms with Crippen molar-refractivity contribution in [2.75, 3.05) is 0 Å². The van der Waals surface area contributed by atoms with Crippen molar-refractivity contribution in [2.24, 2.45) is 0 Å². The summed E-state index contributed by atoms with van der Waals surface area (Å²) in [5.74, 6) is 1.55. The highest BCUT2D eigenvalue weighted by Crippen LogP contribution is 2.23. The Balaban J connectivity index is 1.71. The van der Waals surface area contributed by atoms with Crippen LogP contribution in [0.3, 0.4) is 0 Å². The normalized spacial score (nSPS) is 11.7. The van der Waals surface area contributed by atoms with Crippen LogP contribution < -0.4 is 0 Å². The Kier molecular flexibility index (Phi) is 3.08. The minimum atomic E-state index is 0.754. The molecule has 0 atom stereocenters. The number of aryl methyl sites for hydroxylation is 1. The third-order valence-corrected chi connectivity index (χ3v) is 4.11. The van der Waals surface area contributed by atoms with E-state index >= 15 is 0 Å². The van der Waals surface area contributed by atoms with Crippen molar-refractivity contribution < 1.29 is 4.42 Å². The van der Waals surface area contributed by atoms with Crippen LogP contribution in [0.4, 0.5) is 0 Å². The van der Waals surface area contributed by atoms with Gasteiger partial charge in [0.2, 0.25) is 4.96 Å². The van der Waals surface area contributed by atoms with Gasteiger partial charge in [-0.15, -0.1) is 10.2 Å². The number of hydrogen-bond acceptors (Lipinski definition) is 5. The molecule has 108 valence electrons. The summed E-state index contributed by atoms with van der Waals surface area (Å²) in [6, 6.07) is 11.9. The van der Waals surface area contributed by atoms with Crippen LogP contribution in [0.5, 0.6) is 0 Å². The quantitative estimate of drug-likeness (QED) is 0.575. The molecule has 0 spiro atoms. The highest BCUT2D eigenvalue weighted by atomic mass is 32.1. The summed E-state index contributed by atoms with van der Waals surface area (Å²) >= 11 is 1.49. The number of hydrogen-bond donors (Lipinski definition) is 0. The molecule has 0 N–H and O–H groups in total. The van der Waals surface area contributed by atoms with Crippen molar-refractivity contribution >= 4 is 28.4 Å². The van der Waals surface area contributed by atoms with Crippen LogP contribution in [0.25, 0.3) is 28.5 Å². The van der Waals surface area contributed by atoms with Crippen molar-refractivity contribution in [2.45, 2.75) is 6.92 Å². The van der Waals surface area contributed by atoms with E-state index in [1.165, 1.54) is 16.9 Å². The number of nitrogens with zero attached hydrogens (tertiary/aromatic N) is 4. The molecule has 6 heteroatoms. The lowest BCUT2D eigenvalue weighted by Gasteiger charge is -1.97. The third kappa shape index (κ3) is 2.33. The fourth-order valence-corrected chi connectivity index (χ4v) is 2.86. The standard InChI is InChI=1S/C16H12N4OS/c1-11-4-6-12(7-5-11)15-17-18-16-20(15)19-14(22-16)9-8-13-3-2-10-21-13/h2-10H,1H3/b9-8+. The highest BCUT2D eigenvalue weighted by Gasteiger charge is 2.12. The Morgan fingerprint density at radius 3 is 2.73 bits per heavy atom. The Morgan fingerprint density at radius 1 is 1.09 bits per heavy atom. The summed E-state index contributed by atoms with van der Waals surface area (Å²) in [5.41, 5.74) is 2.22. The molecule has 0 aliphatic carbocycles. The molecule has 0 amide bonds. The summed E-state index contributed by atoms with van der Waals surface area (Å²) in [6.45, 7) is 2.06. The molecule has 3 heterocycles. The number of aromatic nitrogens is 4. The number of fused-ring (bicyclic) bond motifs is 1. The lowest BCUT2D eigenvalue weighted by Crippen LogP contribution is -1.90. The van der Waals surface area contributed by atoms with Gasteiger partial charge in [0.25, 0.3) is 0 Å². The molecule has 0 bridgehead atoms. The summed E-state index contributed by atoms with van der Waals surface area (Å²) in [7, 11) is 0. The molecule has 0 fully saturated rings. The SMILES string of the molecule is Cc1ccc(-c2nnc3sc(/C=C/c4ccco4)nn23)cc1. The van der Waals surface area contributed by atoms with Crippen LogP contribution in [0.1, 0.15) is 16.3 Å². The molecule has 4 rings (SSSR count). The van der Waals surface area contributed by atoms with E-state index in [1.54, 1.807) is 10.8 Å². The van der Waals surface area contributed by atoms with Crippen LogP contribution in [-0.4, -0.2) is 19.8 Å². The third-order valence-electron chi connectivity index (χ3n) is 3.25. The summed E-state index contributed by atoms with van der Waals surface area (Å²) in [5, 5.41) is 13.8. The molecule has 0 aliphatic rings. The molecule has 0 aliphatic heterocycles. The molecule has 5 nitrogen and oxygen atoms in total. The molecule has 0 unspecified atom stereocenters. The van der Waals surface area contributed by atoms with Gasteiger partial charge in [-0.3, -0.25) is 0 Å². The van der Waals surface area contributed by atoms with E-state index < -0.39 is 0 Å². The summed E-state index contributed by atoms with van der Waals surface area (Å²) in [4.78, 5) is 0.773. The van der Waals surface area contributed by atoms with Crippen LogP contribution in [0, 0.1) is 6.92 Å². The van der Waals surface area contributed by atoms with Gasteiger partial charge in [-0.05, 0) is 31.2 Å². The van der Waals surface area contributed by atoms with Gasteiger partial charge in [-0.25, -0.2) is 0 Å². The largest absolute Gasteiger partial charge is 0.465 e. The molecule has 0 saturated heterocycles. The lowest BCUT2D eigenvalue weighted by atomic mass is 10.1. The maximum Gasteiger partial charge on any atom is 0.235 e. The second-order valence-corrected chi connectivity index (χ2v) is 5.86. The lowest BCUT2D eigenvalue weighted by molar-refractivity contribution is 0.557. The Labute approximate surface area is 130 Å². The van der Waals surface area contributed by atoms with Gasteiger partial charge < -0.3 is 4.42 Å². The van der Waals surface area contributed by atoms with Crippen molar-refractivity contribution in [3.05, 3.63) is 59.0 Å². The van der Waals surface area contributed by atoms with Gasteiger partial charge in [0, 0.05) is 5.56 Å². The molecule has 3 aromatic heterocycles. The van der Waals surface area contributed by atoms with E-state index in [0.717, 1.165) is 27.1 Å². The van der Waals surface area contributed by atoms with Gasteiger partial charge >= 0.3 is 0 Å². The number of benzene rings is 1. The van der Waals surface area contributed by atoms with E-state index in [2.05, 4.69) is 34.4 Å². The average molecular weight is 308 g/mol. The van der Waals surface area contributed by atoms with Gasteiger partial charge in [0.1, 0.15) is 10.8 Å². The molecule has 1 aromatic carbocycles. The highest BCUT2D eigenvalue weighted by molar-refractivity contribution is 7.17. The van der Waals surface area contributed by atoms with Gasteiger partial charge in [0.15, 0.2) is 5.82 Å². The van der Waals surface area contributed by atoms with Crippen LogP contribution in [0.15, 0.2) is 47.1 Å². The molecule has 0 saturated carbocycles. The fourth-order valence-electron chi connectivity index (χ4n) is 2.12. The van der Waals surface area contributed by atoms with E-state index in [-0.39, 0.29) is 0 Å². The predicted molar refractivity (Wildman–Crippen MR) is 86.5 cm³/mol. The molecule has 22 heavy (non-hydrogen) atoms. The number of furan rings is 1. The van der Waals surface area contributed by atoms with Crippen molar-refractivity contribution in [1.29, 1.82) is 0 Å². The van der Waals surface area contributed by atoms with Crippen LogP contribution in [0.2, 0.25) is 0 Å². The maximum atomic E-state index is 5.27. The summed E-state index contributed by atoms with van der Waals surface area (Å²) in [6.07, 6.45) is 5.45. The first-order valence-electron chi connectivity index (χ1n) is 6.80.